The van der Waals surface area contributed by atoms with Crippen LogP contribution >= 0.6 is 11.6 Å². The molecule has 0 aliphatic heterocycles. The van der Waals surface area contributed by atoms with E-state index in [0.717, 1.165) is 6.07 Å². The van der Waals surface area contributed by atoms with E-state index < -0.39 is 11.9 Å². The van der Waals surface area contributed by atoms with Gasteiger partial charge in [-0.25, -0.2) is 4.98 Å². The lowest BCUT2D eigenvalue weighted by atomic mass is 10.1. The van der Waals surface area contributed by atoms with E-state index in [1.807, 2.05) is 6.07 Å². The molecule has 27 heavy (non-hydrogen) atoms. The van der Waals surface area contributed by atoms with Crippen molar-refractivity contribution in [1.82, 2.24) is 4.98 Å². The zero-order chi connectivity index (χ0) is 19.6. The Balaban J connectivity index is 1.87. The van der Waals surface area contributed by atoms with Crippen molar-refractivity contribution in [1.29, 1.82) is 5.26 Å². The van der Waals surface area contributed by atoms with Crippen LogP contribution < -0.4 is 9.47 Å². The van der Waals surface area contributed by atoms with Crippen LogP contribution in [0, 0.1) is 11.3 Å². The average molecular weight is 393 g/mol. The predicted octanol–water partition coefficient (Wildman–Crippen LogP) is 5.37. The molecule has 0 radical (unpaired) electrons. The van der Waals surface area contributed by atoms with Gasteiger partial charge in [0.1, 0.15) is 12.3 Å². The molecule has 0 saturated heterocycles. The largest absolute Gasteiger partial charge is 0.493 e. The van der Waals surface area contributed by atoms with Crippen LogP contribution in [0.5, 0.6) is 11.5 Å². The van der Waals surface area contributed by atoms with Crippen LogP contribution in [-0.4, -0.2) is 12.1 Å². The number of alkyl halides is 3. The molecule has 0 aliphatic carbocycles. The van der Waals surface area contributed by atoms with Crippen molar-refractivity contribution in [3.8, 4) is 17.6 Å². The van der Waals surface area contributed by atoms with Crippen LogP contribution in [0.3, 0.4) is 0 Å². The van der Waals surface area contributed by atoms with E-state index in [-0.39, 0.29) is 17.1 Å². The first-order valence-electron chi connectivity index (χ1n) is 7.69. The van der Waals surface area contributed by atoms with Crippen molar-refractivity contribution in [2.45, 2.75) is 12.8 Å². The Morgan fingerprint density at radius 1 is 1.11 bits per heavy atom. The molecule has 3 aromatic rings. The van der Waals surface area contributed by atoms with E-state index in [9.17, 15) is 13.2 Å². The smallest absolute Gasteiger partial charge is 0.433 e. The molecule has 0 unspecified atom stereocenters. The summed E-state index contributed by atoms with van der Waals surface area (Å²) in [6, 6.07) is 12.3. The monoisotopic (exact) mass is 392 g/mol. The van der Waals surface area contributed by atoms with Crippen molar-refractivity contribution in [3.63, 3.8) is 0 Å². The highest BCUT2D eigenvalue weighted by Gasteiger charge is 2.33. The van der Waals surface area contributed by atoms with E-state index in [4.69, 9.17) is 26.3 Å². The fourth-order valence-corrected chi connectivity index (χ4v) is 2.74. The predicted molar refractivity (Wildman–Crippen MR) is 93.8 cm³/mol. The molecule has 0 saturated carbocycles. The van der Waals surface area contributed by atoms with E-state index >= 15 is 0 Å². The quantitative estimate of drug-likeness (QED) is 0.599. The van der Waals surface area contributed by atoms with Gasteiger partial charge < -0.3 is 9.47 Å². The number of fused-ring (bicyclic) bond motifs is 1. The molecule has 1 heterocycles. The summed E-state index contributed by atoms with van der Waals surface area (Å²) in [5.74, 6) is 0.845. The van der Waals surface area contributed by atoms with E-state index in [2.05, 4.69) is 4.98 Å². The van der Waals surface area contributed by atoms with Gasteiger partial charge in [-0.2, -0.15) is 18.4 Å². The lowest BCUT2D eigenvalue weighted by Crippen LogP contribution is -2.08. The van der Waals surface area contributed by atoms with E-state index in [1.165, 1.54) is 13.2 Å². The minimum absolute atomic E-state index is 0.0369. The summed E-state index contributed by atoms with van der Waals surface area (Å²) >= 11 is 6.01. The van der Waals surface area contributed by atoms with Crippen molar-refractivity contribution < 1.29 is 22.6 Å². The molecule has 3 rings (SSSR count). The molecule has 0 amide bonds. The number of ether oxygens (including phenoxy) is 2. The third-order valence-electron chi connectivity index (χ3n) is 3.80. The number of methoxy groups -OCH3 is 1. The molecular weight excluding hydrogens is 381 g/mol. The molecule has 0 fully saturated rings. The fourth-order valence-electron chi connectivity index (χ4n) is 2.48. The Morgan fingerprint density at radius 2 is 1.89 bits per heavy atom. The normalized spacial score (nSPS) is 11.3. The summed E-state index contributed by atoms with van der Waals surface area (Å²) in [5, 5.41) is 9.28. The summed E-state index contributed by atoms with van der Waals surface area (Å²) in [7, 11) is 1.46. The second kappa shape index (κ2) is 7.33. The first kappa shape index (κ1) is 18.8. The second-order valence-electron chi connectivity index (χ2n) is 5.60. The summed E-state index contributed by atoms with van der Waals surface area (Å²) < 4.78 is 49.4. The number of benzene rings is 2. The Morgan fingerprint density at radius 3 is 2.56 bits per heavy atom. The Bertz CT molecular complexity index is 1050. The number of hydrogen-bond donors (Lipinski definition) is 0. The zero-order valence-electron chi connectivity index (χ0n) is 14.0. The SMILES string of the molecule is COc1cc(C#N)ccc1OCc1ccc2nc(C(F)(F)F)cc(Cl)c2c1. The number of nitriles is 1. The third-order valence-corrected chi connectivity index (χ3v) is 4.11. The molecule has 0 bridgehead atoms. The molecule has 4 nitrogen and oxygen atoms in total. The lowest BCUT2D eigenvalue weighted by Gasteiger charge is -2.12. The highest BCUT2D eigenvalue weighted by atomic mass is 35.5. The number of rotatable bonds is 4. The van der Waals surface area contributed by atoms with Crippen LogP contribution in [0.15, 0.2) is 42.5 Å². The zero-order valence-corrected chi connectivity index (χ0v) is 14.7. The first-order valence-corrected chi connectivity index (χ1v) is 8.07. The van der Waals surface area contributed by atoms with Gasteiger partial charge in [0.25, 0.3) is 0 Å². The average Bonchev–Trinajstić information content (AvgIpc) is 2.65. The standard InChI is InChI=1S/C19H12ClF3N2O2/c1-26-17-7-11(9-24)3-5-16(17)27-10-12-2-4-15-13(6-12)14(20)8-18(25-15)19(21,22)23/h2-8H,10H2,1H3. The summed E-state index contributed by atoms with van der Waals surface area (Å²) in [6.45, 7) is 0.134. The van der Waals surface area contributed by atoms with Gasteiger partial charge in [0.15, 0.2) is 11.5 Å². The van der Waals surface area contributed by atoms with Crippen LogP contribution in [-0.2, 0) is 12.8 Å². The Kier molecular flexibility index (Phi) is 5.10. The van der Waals surface area contributed by atoms with Gasteiger partial charge in [-0.15, -0.1) is 0 Å². The summed E-state index contributed by atoms with van der Waals surface area (Å²) in [5.41, 5.74) is 0.237. The maximum absolute atomic E-state index is 12.8. The van der Waals surface area contributed by atoms with Crippen molar-refractivity contribution >= 4 is 22.5 Å². The second-order valence-corrected chi connectivity index (χ2v) is 6.01. The highest BCUT2D eigenvalue weighted by Crippen LogP contribution is 2.33. The number of hydrogen-bond acceptors (Lipinski definition) is 4. The highest BCUT2D eigenvalue weighted by molar-refractivity contribution is 6.35. The number of pyridine rings is 1. The van der Waals surface area contributed by atoms with Gasteiger partial charge in [0, 0.05) is 11.5 Å². The van der Waals surface area contributed by atoms with Gasteiger partial charge in [0.05, 0.1) is 29.3 Å². The van der Waals surface area contributed by atoms with Crippen LogP contribution in [0.25, 0.3) is 10.9 Å². The lowest BCUT2D eigenvalue weighted by molar-refractivity contribution is -0.140. The van der Waals surface area contributed by atoms with E-state index in [0.29, 0.717) is 28.0 Å². The number of aromatic nitrogens is 1. The number of nitrogens with zero attached hydrogens (tertiary/aromatic N) is 2. The third kappa shape index (κ3) is 4.07. The maximum atomic E-state index is 12.8. The molecule has 2 aromatic carbocycles. The first-order chi connectivity index (χ1) is 12.8. The summed E-state index contributed by atoms with van der Waals surface area (Å²) in [6.07, 6.45) is -4.56. The van der Waals surface area contributed by atoms with Crippen molar-refractivity contribution in [3.05, 3.63) is 64.3 Å². The van der Waals surface area contributed by atoms with Gasteiger partial charge in [-0.05, 0) is 35.9 Å². The van der Waals surface area contributed by atoms with Gasteiger partial charge >= 0.3 is 6.18 Å². The van der Waals surface area contributed by atoms with Crippen molar-refractivity contribution in [2.75, 3.05) is 7.11 Å². The topological polar surface area (TPSA) is 55.1 Å². The van der Waals surface area contributed by atoms with Gasteiger partial charge in [0.2, 0.25) is 0 Å². The molecule has 0 aliphatic rings. The minimum Gasteiger partial charge on any atom is -0.493 e. The van der Waals surface area contributed by atoms with Crippen LogP contribution in [0.4, 0.5) is 13.2 Å². The van der Waals surface area contributed by atoms with Crippen LogP contribution in [0.1, 0.15) is 16.8 Å². The molecule has 0 spiro atoms. The molecule has 138 valence electrons. The number of halogens is 4. The maximum Gasteiger partial charge on any atom is 0.433 e. The van der Waals surface area contributed by atoms with Gasteiger partial charge in [-0.3, -0.25) is 0 Å². The minimum atomic E-state index is -4.56. The Hall–Kier alpha value is -2.98. The molecule has 0 atom stereocenters. The van der Waals surface area contributed by atoms with Gasteiger partial charge in [-0.1, -0.05) is 17.7 Å². The molecular formula is C19H12ClF3N2O2. The van der Waals surface area contributed by atoms with E-state index in [1.54, 1.807) is 30.3 Å². The van der Waals surface area contributed by atoms with Crippen molar-refractivity contribution in [2.24, 2.45) is 0 Å². The molecule has 0 N–H and O–H groups in total. The summed E-state index contributed by atoms with van der Waals surface area (Å²) in [4.78, 5) is 3.61. The molecule has 1 aromatic heterocycles. The fraction of sp³-hybridized carbons (Fsp3) is 0.158. The Labute approximate surface area is 157 Å². The molecule has 8 heteroatoms. The van der Waals surface area contributed by atoms with Crippen LogP contribution in [0.2, 0.25) is 5.02 Å².